The first-order valence-corrected chi connectivity index (χ1v) is 12.6. The first-order chi connectivity index (χ1) is 15.6. The third kappa shape index (κ3) is 5.06. The number of nitrogens with zero attached hydrogens (tertiary/aromatic N) is 3. The molecule has 1 aromatic heterocycles. The minimum absolute atomic E-state index is 0.137. The molecule has 2 heterocycles. The summed E-state index contributed by atoms with van der Waals surface area (Å²) in [4.78, 5) is 19.7. The average Bonchev–Trinajstić information content (AvgIpc) is 3.22. The maximum Gasteiger partial charge on any atom is 0.242 e. The molecule has 2 aromatic carbocycles. The van der Waals surface area contributed by atoms with E-state index in [1.807, 2.05) is 13.0 Å². The summed E-state index contributed by atoms with van der Waals surface area (Å²) in [5, 5.41) is 3.48. The summed E-state index contributed by atoms with van der Waals surface area (Å²) in [5.41, 5.74) is 1.93. The lowest BCUT2D eigenvalue weighted by atomic mass is 9.95. The Hall–Kier alpha value is -2.46. The first kappa shape index (κ1) is 23.7. The number of anilines is 1. The Morgan fingerprint density at radius 2 is 1.94 bits per heavy atom. The van der Waals surface area contributed by atoms with Crippen molar-refractivity contribution in [1.29, 1.82) is 0 Å². The number of carbonyl (C=O) groups is 1. The van der Waals surface area contributed by atoms with Gasteiger partial charge in [0.1, 0.15) is 5.52 Å². The Bertz CT molecular complexity index is 1270. The number of nitrogens with one attached hydrogen (secondary N) is 1. The third-order valence-corrected chi connectivity index (χ3v) is 8.10. The van der Waals surface area contributed by atoms with Crippen molar-refractivity contribution in [1.82, 2.24) is 14.2 Å². The van der Waals surface area contributed by atoms with E-state index < -0.39 is 10.0 Å². The van der Waals surface area contributed by atoms with E-state index in [-0.39, 0.29) is 22.8 Å². The summed E-state index contributed by atoms with van der Waals surface area (Å²) in [6.45, 7) is 3.32. The smallest absolute Gasteiger partial charge is 0.242 e. The number of carbonyl (C=O) groups excluding carboxylic acids is 1. The van der Waals surface area contributed by atoms with Crippen LogP contribution in [0.2, 0.25) is 5.02 Å². The summed E-state index contributed by atoms with van der Waals surface area (Å²) in [5.74, 6) is 0.725. The van der Waals surface area contributed by atoms with Crippen LogP contribution >= 0.6 is 11.6 Å². The van der Waals surface area contributed by atoms with Crippen molar-refractivity contribution in [3.63, 3.8) is 0 Å². The van der Waals surface area contributed by atoms with E-state index in [2.05, 4.69) is 15.2 Å². The molecule has 1 aliphatic rings. The number of halogens is 1. The summed E-state index contributed by atoms with van der Waals surface area (Å²) in [6.07, 6.45) is 1.66. The Labute approximate surface area is 198 Å². The van der Waals surface area contributed by atoms with E-state index in [1.165, 1.54) is 26.2 Å². The van der Waals surface area contributed by atoms with Gasteiger partial charge in [-0.3, -0.25) is 9.69 Å². The largest absolute Gasteiger partial charge is 0.440 e. The van der Waals surface area contributed by atoms with Crippen molar-refractivity contribution in [3.05, 3.63) is 53.4 Å². The Balaban J connectivity index is 1.37. The number of piperidine rings is 1. The molecule has 0 spiro atoms. The van der Waals surface area contributed by atoms with Crippen molar-refractivity contribution in [2.75, 3.05) is 32.5 Å². The quantitative estimate of drug-likeness (QED) is 0.562. The van der Waals surface area contributed by atoms with Gasteiger partial charge in [-0.05, 0) is 69.3 Å². The number of amides is 1. The van der Waals surface area contributed by atoms with Crippen LogP contribution in [0.3, 0.4) is 0 Å². The first-order valence-electron chi connectivity index (χ1n) is 10.8. The van der Waals surface area contributed by atoms with Crippen LogP contribution in [0.15, 0.2) is 51.8 Å². The monoisotopic (exact) mass is 490 g/mol. The van der Waals surface area contributed by atoms with Crippen molar-refractivity contribution in [3.8, 4) is 0 Å². The van der Waals surface area contributed by atoms with Gasteiger partial charge in [-0.2, -0.15) is 0 Å². The molecule has 1 N–H and O–H groups in total. The van der Waals surface area contributed by atoms with E-state index in [9.17, 15) is 13.2 Å². The van der Waals surface area contributed by atoms with Gasteiger partial charge in [0.25, 0.3) is 0 Å². The zero-order valence-electron chi connectivity index (χ0n) is 18.8. The number of benzene rings is 2. The maximum absolute atomic E-state index is 12.9. The number of likely N-dealkylation sites (tertiary alicyclic amines) is 1. The fraction of sp³-hybridized carbons (Fsp3) is 0.391. The van der Waals surface area contributed by atoms with Crippen LogP contribution < -0.4 is 5.32 Å². The molecule has 0 radical (unpaired) electrons. The molecule has 1 fully saturated rings. The van der Waals surface area contributed by atoms with Gasteiger partial charge in [-0.25, -0.2) is 17.7 Å². The number of rotatable bonds is 6. The standard InChI is InChI=1S/C23H27ClN4O4S/c1-15(22(29)25-18-5-4-6-19(14-18)33(30,31)27(2)3)28-11-9-16(10-12-28)23-26-20-13-17(24)7-8-21(20)32-23/h4-8,13-16H,9-12H2,1-3H3,(H,25,29). The van der Waals surface area contributed by atoms with Crippen LogP contribution in [-0.4, -0.2) is 61.7 Å². The molecule has 1 unspecified atom stereocenters. The minimum atomic E-state index is -3.57. The molecule has 1 amide bonds. The molecule has 1 atom stereocenters. The second-order valence-electron chi connectivity index (χ2n) is 8.45. The number of sulfonamides is 1. The highest BCUT2D eigenvalue weighted by atomic mass is 35.5. The van der Waals surface area contributed by atoms with E-state index in [0.717, 1.165) is 41.3 Å². The van der Waals surface area contributed by atoms with Gasteiger partial charge in [-0.1, -0.05) is 17.7 Å². The zero-order valence-corrected chi connectivity index (χ0v) is 20.4. The summed E-state index contributed by atoms with van der Waals surface area (Å²) < 4.78 is 31.8. The fourth-order valence-electron chi connectivity index (χ4n) is 3.98. The van der Waals surface area contributed by atoms with Crippen LogP contribution in [0.4, 0.5) is 5.69 Å². The maximum atomic E-state index is 12.9. The second-order valence-corrected chi connectivity index (χ2v) is 11.0. The van der Waals surface area contributed by atoms with Crippen molar-refractivity contribution >= 4 is 44.3 Å². The molecule has 8 nitrogen and oxygen atoms in total. The van der Waals surface area contributed by atoms with Gasteiger partial charge in [0, 0.05) is 30.7 Å². The average molecular weight is 491 g/mol. The number of fused-ring (bicyclic) bond motifs is 1. The molecule has 4 rings (SSSR count). The Morgan fingerprint density at radius 3 is 2.64 bits per heavy atom. The molecule has 0 bridgehead atoms. The molecule has 1 aliphatic heterocycles. The van der Waals surface area contributed by atoms with E-state index >= 15 is 0 Å². The van der Waals surface area contributed by atoms with Crippen molar-refractivity contribution in [2.45, 2.75) is 36.6 Å². The third-order valence-electron chi connectivity index (χ3n) is 6.05. The molecule has 0 aliphatic carbocycles. The van der Waals surface area contributed by atoms with Crippen LogP contribution in [0, 0.1) is 0 Å². The van der Waals surface area contributed by atoms with Gasteiger partial charge in [0.05, 0.1) is 10.9 Å². The van der Waals surface area contributed by atoms with Gasteiger partial charge in [-0.15, -0.1) is 0 Å². The van der Waals surface area contributed by atoms with Gasteiger partial charge in [0.2, 0.25) is 15.9 Å². The summed E-state index contributed by atoms with van der Waals surface area (Å²) in [6, 6.07) is 11.3. The normalized spacial score (nSPS) is 16.9. The summed E-state index contributed by atoms with van der Waals surface area (Å²) in [7, 11) is -0.622. The highest BCUT2D eigenvalue weighted by molar-refractivity contribution is 7.89. The lowest BCUT2D eigenvalue weighted by molar-refractivity contribution is -0.121. The Kier molecular flexibility index (Phi) is 6.76. The number of hydrogen-bond acceptors (Lipinski definition) is 6. The van der Waals surface area contributed by atoms with Crippen LogP contribution in [0.25, 0.3) is 11.1 Å². The highest BCUT2D eigenvalue weighted by Crippen LogP contribution is 2.31. The van der Waals surface area contributed by atoms with Crippen LogP contribution in [0.5, 0.6) is 0 Å². The molecular formula is C23H27ClN4O4S. The zero-order chi connectivity index (χ0) is 23.8. The molecule has 0 saturated carbocycles. The van der Waals surface area contributed by atoms with E-state index in [4.69, 9.17) is 16.0 Å². The van der Waals surface area contributed by atoms with E-state index in [0.29, 0.717) is 16.6 Å². The number of hydrogen-bond donors (Lipinski definition) is 1. The van der Waals surface area contributed by atoms with E-state index in [1.54, 1.807) is 24.3 Å². The topological polar surface area (TPSA) is 95.8 Å². The van der Waals surface area contributed by atoms with Crippen molar-refractivity contribution in [2.24, 2.45) is 0 Å². The molecule has 1 saturated heterocycles. The molecule has 3 aromatic rings. The van der Waals surface area contributed by atoms with Gasteiger partial charge in [0.15, 0.2) is 11.5 Å². The fourth-order valence-corrected chi connectivity index (χ4v) is 5.10. The summed E-state index contributed by atoms with van der Waals surface area (Å²) >= 11 is 6.04. The lowest BCUT2D eigenvalue weighted by Gasteiger charge is -2.34. The van der Waals surface area contributed by atoms with Gasteiger partial charge < -0.3 is 9.73 Å². The molecular weight excluding hydrogens is 464 g/mol. The number of oxazole rings is 1. The van der Waals surface area contributed by atoms with Gasteiger partial charge >= 0.3 is 0 Å². The Morgan fingerprint density at radius 1 is 1.21 bits per heavy atom. The van der Waals surface area contributed by atoms with Crippen LogP contribution in [-0.2, 0) is 14.8 Å². The lowest BCUT2D eigenvalue weighted by Crippen LogP contribution is -2.45. The molecule has 10 heteroatoms. The predicted octanol–water partition coefficient (Wildman–Crippen LogP) is 3.94. The number of aromatic nitrogens is 1. The SMILES string of the molecule is CC(C(=O)Nc1cccc(S(=O)(=O)N(C)C)c1)N1CCC(c2nc3cc(Cl)ccc3o2)CC1. The second kappa shape index (κ2) is 9.42. The minimum Gasteiger partial charge on any atom is -0.440 e. The molecule has 176 valence electrons. The van der Waals surface area contributed by atoms with Crippen molar-refractivity contribution < 1.29 is 17.6 Å². The highest BCUT2D eigenvalue weighted by Gasteiger charge is 2.30. The van der Waals surface area contributed by atoms with Crippen LogP contribution in [0.1, 0.15) is 31.6 Å². The molecule has 33 heavy (non-hydrogen) atoms. The predicted molar refractivity (Wildman–Crippen MR) is 128 cm³/mol.